The van der Waals surface area contributed by atoms with Crippen LogP contribution in [0.2, 0.25) is 0 Å². The largest absolute Gasteiger partial charge is 0.336 e. The van der Waals surface area contributed by atoms with Crippen LogP contribution in [-0.2, 0) is 32.7 Å². The molecule has 1 aromatic carbocycles. The van der Waals surface area contributed by atoms with Gasteiger partial charge in [0.05, 0.1) is 6.20 Å². The zero-order valence-corrected chi connectivity index (χ0v) is 11.2. The second-order valence-corrected chi connectivity index (χ2v) is 3.01. The van der Waals surface area contributed by atoms with Crippen molar-refractivity contribution in [2.75, 3.05) is 0 Å². The van der Waals surface area contributed by atoms with Crippen LogP contribution in [0.1, 0.15) is 5.56 Å². The van der Waals surface area contributed by atoms with Gasteiger partial charge in [-0.05, 0) is 0 Å². The molecule has 0 N–H and O–H groups in total. The van der Waals surface area contributed by atoms with Crippen LogP contribution in [0, 0.1) is 13.0 Å². The van der Waals surface area contributed by atoms with Gasteiger partial charge in [0.15, 0.2) is 0 Å². The fourth-order valence-corrected chi connectivity index (χ4v) is 1.21. The molecule has 2 aromatic rings. The van der Waals surface area contributed by atoms with Crippen LogP contribution >= 0.6 is 0 Å². The minimum Gasteiger partial charge on any atom is -0.336 e. The molecule has 15 heavy (non-hydrogen) atoms. The molecule has 1 heterocycles. The van der Waals surface area contributed by atoms with E-state index in [1.165, 1.54) is 10.8 Å². The molecule has 3 nitrogen and oxygen atoms in total. The number of hydrogen-bond donors (Lipinski definition) is 0. The van der Waals surface area contributed by atoms with Crippen molar-refractivity contribution in [1.29, 1.82) is 0 Å². The molecule has 0 atom stereocenters. The molecule has 0 saturated heterocycles. The Kier molecular flexibility index (Phi) is 4.36. The van der Waals surface area contributed by atoms with Gasteiger partial charge in [-0.25, -0.2) is 0 Å². The SMILES string of the molecule is Cc1[c-]cc(-n2ccncc2=O)cc1.[Y]. The smallest absolute Gasteiger partial charge is 0.262 e. The van der Waals surface area contributed by atoms with E-state index in [9.17, 15) is 4.79 Å². The Morgan fingerprint density at radius 2 is 2.20 bits per heavy atom. The third-order valence-electron chi connectivity index (χ3n) is 1.95. The molecule has 0 aliphatic heterocycles. The Bertz CT molecular complexity index is 490. The Balaban J connectivity index is 0.00000112. The Hall–Kier alpha value is -0.796. The molecule has 1 radical (unpaired) electrons. The molecule has 0 bridgehead atoms. The Morgan fingerprint density at radius 1 is 1.40 bits per heavy atom. The monoisotopic (exact) mass is 274 g/mol. The fourth-order valence-electron chi connectivity index (χ4n) is 1.21. The summed E-state index contributed by atoms with van der Waals surface area (Å²) in [6, 6.07) is 8.63. The molecule has 2 rings (SSSR count). The van der Waals surface area contributed by atoms with Gasteiger partial charge in [0, 0.05) is 45.1 Å². The van der Waals surface area contributed by atoms with Crippen LogP contribution in [-0.4, -0.2) is 9.55 Å². The van der Waals surface area contributed by atoms with Crippen molar-refractivity contribution in [3.63, 3.8) is 0 Å². The predicted molar refractivity (Wildman–Crippen MR) is 53.4 cm³/mol. The van der Waals surface area contributed by atoms with Crippen LogP contribution in [0.15, 0.2) is 41.6 Å². The second kappa shape index (κ2) is 5.33. The van der Waals surface area contributed by atoms with Gasteiger partial charge in [0.1, 0.15) is 0 Å². The van der Waals surface area contributed by atoms with E-state index >= 15 is 0 Å². The van der Waals surface area contributed by atoms with Crippen LogP contribution in [0.4, 0.5) is 0 Å². The number of rotatable bonds is 1. The molecule has 0 aliphatic rings. The maximum Gasteiger partial charge on any atom is 0.262 e. The summed E-state index contributed by atoms with van der Waals surface area (Å²) >= 11 is 0. The van der Waals surface area contributed by atoms with Crippen molar-refractivity contribution < 1.29 is 32.7 Å². The van der Waals surface area contributed by atoms with E-state index < -0.39 is 0 Å². The summed E-state index contributed by atoms with van der Waals surface area (Å²) in [4.78, 5) is 15.1. The van der Waals surface area contributed by atoms with E-state index in [-0.39, 0.29) is 38.3 Å². The van der Waals surface area contributed by atoms with E-state index in [4.69, 9.17) is 0 Å². The molecule has 0 unspecified atom stereocenters. The number of hydrogen-bond acceptors (Lipinski definition) is 2. The minimum absolute atomic E-state index is 0. The maximum atomic E-state index is 11.4. The number of aryl methyl sites for hydroxylation is 1. The van der Waals surface area contributed by atoms with Crippen LogP contribution in [0.3, 0.4) is 0 Å². The average molecular weight is 274 g/mol. The second-order valence-electron chi connectivity index (χ2n) is 3.01. The number of nitrogens with zero attached hydrogens (tertiary/aromatic N) is 2. The molecule has 0 amide bonds. The summed E-state index contributed by atoms with van der Waals surface area (Å²) in [5.41, 5.74) is 1.73. The first-order valence-corrected chi connectivity index (χ1v) is 4.29. The molecule has 0 fully saturated rings. The summed E-state index contributed by atoms with van der Waals surface area (Å²) in [7, 11) is 0. The molecule has 4 heteroatoms. The van der Waals surface area contributed by atoms with Gasteiger partial charge in [-0.15, -0.1) is 6.07 Å². The van der Waals surface area contributed by atoms with Crippen molar-refractivity contribution in [2.45, 2.75) is 6.92 Å². The Labute approximate surface area is 113 Å². The van der Waals surface area contributed by atoms with E-state index in [0.717, 1.165) is 11.3 Å². The van der Waals surface area contributed by atoms with Gasteiger partial charge < -0.3 is 4.57 Å². The van der Waals surface area contributed by atoms with Gasteiger partial charge in [0.2, 0.25) is 0 Å². The molecule has 0 saturated carbocycles. The third kappa shape index (κ3) is 2.83. The zero-order valence-electron chi connectivity index (χ0n) is 8.34. The normalized spacial score (nSPS) is 9.40. The molecule has 73 valence electrons. The van der Waals surface area contributed by atoms with Crippen molar-refractivity contribution in [3.8, 4) is 5.69 Å². The summed E-state index contributed by atoms with van der Waals surface area (Å²) in [5, 5.41) is 0. The first-order valence-electron chi connectivity index (χ1n) is 4.29. The van der Waals surface area contributed by atoms with Gasteiger partial charge in [-0.2, -0.15) is 23.8 Å². The zero-order chi connectivity index (χ0) is 9.97. The van der Waals surface area contributed by atoms with Crippen LogP contribution in [0.25, 0.3) is 5.69 Å². The molecular formula is C11H9N2OY-. The van der Waals surface area contributed by atoms with Crippen molar-refractivity contribution in [2.24, 2.45) is 0 Å². The number of aromatic nitrogens is 2. The van der Waals surface area contributed by atoms with E-state index in [2.05, 4.69) is 11.1 Å². The van der Waals surface area contributed by atoms with Crippen molar-refractivity contribution in [3.05, 3.63) is 58.8 Å². The predicted octanol–water partition coefficient (Wildman–Crippen LogP) is 1.34. The summed E-state index contributed by atoms with van der Waals surface area (Å²) in [6.07, 6.45) is 4.52. The molecule has 0 spiro atoms. The maximum absolute atomic E-state index is 11.4. The fraction of sp³-hybridized carbons (Fsp3) is 0.0909. The Morgan fingerprint density at radius 3 is 2.80 bits per heavy atom. The van der Waals surface area contributed by atoms with E-state index in [0.29, 0.717) is 0 Å². The van der Waals surface area contributed by atoms with E-state index in [1.807, 2.05) is 19.1 Å². The minimum atomic E-state index is -0.134. The summed E-state index contributed by atoms with van der Waals surface area (Å²) < 4.78 is 1.53. The summed E-state index contributed by atoms with van der Waals surface area (Å²) in [5.74, 6) is 0. The molecule has 1 aromatic heterocycles. The topological polar surface area (TPSA) is 34.9 Å². The quantitative estimate of drug-likeness (QED) is 0.735. The van der Waals surface area contributed by atoms with E-state index in [1.54, 1.807) is 18.5 Å². The number of benzene rings is 1. The first-order chi connectivity index (χ1) is 6.77. The molecular weight excluding hydrogens is 265 g/mol. The van der Waals surface area contributed by atoms with Gasteiger partial charge >= 0.3 is 0 Å². The van der Waals surface area contributed by atoms with Gasteiger partial charge in [0.25, 0.3) is 5.56 Å². The van der Waals surface area contributed by atoms with Gasteiger partial charge in [-0.3, -0.25) is 9.78 Å². The standard InChI is InChI=1S/C11H9N2O.Y/c1-9-2-4-10(5-3-9)13-7-6-12-8-11(13)14;/h2,4-8H,1H3;/q-1;. The van der Waals surface area contributed by atoms with Gasteiger partial charge in [-0.1, -0.05) is 12.6 Å². The van der Waals surface area contributed by atoms with Crippen LogP contribution < -0.4 is 5.56 Å². The average Bonchev–Trinajstić information content (AvgIpc) is 2.20. The summed E-state index contributed by atoms with van der Waals surface area (Å²) in [6.45, 7) is 1.96. The third-order valence-corrected chi connectivity index (χ3v) is 1.95. The van der Waals surface area contributed by atoms with Crippen molar-refractivity contribution >= 4 is 0 Å². The first kappa shape index (κ1) is 12.3. The van der Waals surface area contributed by atoms with Crippen LogP contribution in [0.5, 0.6) is 0 Å². The molecule has 0 aliphatic carbocycles. The van der Waals surface area contributed by atoms with Crippen molar-refractivity contribution in [1.82, 2.24) is 9.55 Å².